The van der Waals surface area contributed by atoms with Gasteiger partial charge < -0.3 is 18.1 Å². The first-order valence-electron chi connectivity index (χ1n) is 25.5. The number of nitrogens with zero attached hydrogens (tertiary/aromatic N) is 7. The molecule has 4 aromatic heterocycles. The lowest BCUT2D eigenvalue weighted by molar-refractivity contribution is 0.669. The van der Waals surface area contributed by atoms with E-state index < -0.39 is 0 Å². The number of aromatic nitrogens is 3. The Balaban J connectivity index is 0.000000143. The van der Waals surface area contributed by atoms with Crippen molar-refractivity contribution in [1.82, 2.24) is 13.7 Å². The molecule has 0 fully saturated rings. The molecule has 4 heterocycles. The zero-order valence-electron chi connectivity index (χ0n) is 41.6. The maximum absolute atomic E-state index is 10.2. The maximum Gasteiger partial charge on any atom is 0.136 e. The van der Waals surface area contributed by atoms with Crippen molar-refractivity contribution in [3.63, 3.8) is 0 Å². The fraction of sp³-hybridized carbons (Fsp3) is 0. The van der Waals surface area contributed by atoms with Crippen LogP contribution in [0.2, 0.25) is 0 Å². The minimum Gasteiger partial charge on any atom is -0.456 e. The third-order valence-corrected chi connectivity index (χ3v) is 15.0. The Morgan fingerprint density at radius 1 is 0.269 bits per heavy atom. The van der Waals surface area contributed by atoms with Gasteiger partial charge in [0.05, 0.1) is 79.6 Å². The largest absolute Gasteiger partial charge is 0.456 e. The third-order valence-electron chi connectivity index (χ3n) is 15.0. The molecule has 8 nitrogen and oxygen atoms in total. The Hall–Kier alpha value is -11.4. The van der Waals surface area contributed by atoms with Gasteiger partial charge in [-0.15, -0.1) is 0 Å². The Morgan fingerprint density at radius 2 is 0.692 bits per heavy atom. The highest BCUT2D eigenvalue weighted by atomic mass is 16.3. The van der Waals surface area contributed by atoms with Crippen molar-refractivity contribution in [2.45, 2.75) is 0 Å². The van der Waals surface area contributed by atoms with Crippen molar-refractivity contribution in [3.8, 4) is 63.6 Å². The molecule has 0 aliphatic carbocycles. The number of rotatable bonds is 5. The van der Waals surface area contributed by atoms with E-state index in [1.807, 2.05) is 121 Å². The van der Waals surface area contributed by atoms with Crippen LogP contribution in [0.1, 0.15) is 22.3 Å². The van der Waals surface area contributed by atoms with Gasteiger partial charge in [-0.25, -0.2) is 0 Å². The van der Waals surface area contributed by atoms with Gasteiger partial charge in [0.1, 0.15) is 11.2 Å². The van der Waals surface area contributed by atoms with Crippen molar-refractivity contribution in [2.75, 3.05) is 0 Å². The highest BCUT2D eigenvalue weighted by Crippen LogP contribution is 2.42. The van der Waals surface area contributed by atoms with Gasteiger partial charge in [0.25, 0.3) is 0 Å². The van der Waals surface area contributed by atoms with Crippen LogP contribution >= 0.6 is 0 Å². The summed E-state index contributed by atoms with van der Waals surface area (Å²) in [5, 5.41) is 47.7. The van der Waals surface area contributed by atoms with Gasteiger partial charge in [0, 0.05) is 60.2 Å². The summed E-state index contributed by atoms with van der Waals surface area (Å²) in [5.41, 5.74) is 17.3. The second-order valence-corrected chi connectivity index (χ2v) is 19.3. The van der Waals surface area contributed by atoms with Crippen LogP contribution < -0.4 is 0 Å². The second-order valence-electron chi connectivity index (χ2n) is 19.3. The summed E-state index contributed by atoms with van der Waals surface area (Å²) in [7, 11) is 0. The van der Waals surface area contributed by atoms with E-state index in [9.17, 15) is 21.0 Å². The molecule has 0 spiro atoms. The number of para-hydroxylation sites is 5. The van der Waals surface area contributed by atoms with Crippen LogP contribution in [-0.2, 0) is 0 Å². The van der Waals surface area contributed by atoms with Crippen molar-refractivity contribution < 1.29 is 4.42 Å². The van der Waals surface area contributed by atoms with Crippen molar-refractivity contribution in [3.05, 3.63) is 259 Å². The Labute approximate surface area is 446 Å². The van der Waals surface area contributed by atoms with Crippen molar-refractivity contribution in [2.24, 2.45) is 0 Å². The average molecular weight is 994 g/mol. The fourth-order valence-electron chi connectivity index (χ4n) is 11.7. The van der Waals surface area contributed by atoms with Crippen LogP contribution in [0.5, 0.6) is 0 Å². The Kier molecular flexibility index (Phi) is 10.6. The summed E-state index contributed by atoms with van der Waals surface area (Å²) in [4.78, 5) is 0. The molecular formula is C70H39N7O. The quantitative estimate of drug-likeness (QED) is 0.170. The lowest BCUT2D eigenvalue weighted by Crippen LogP contribution is -1.96. The van der Waals surface area contributed by atoms with Gasteiger partial charge in [-0.3, -0.25) is 0 Å². The van der Waals surface area contributed by atoms with Gasteiger partial charge in [0.15, 0.2) is 0 Å². The molecule has 0 bridgehead atoms. The number of hydrogen-bond acceptors (Lipinski definition) is 5. The first kappa shape index (κ1) is 45.2. The summed E-state index contributed by atoms with van der Waals surface area (Å²) in [6.45, 7) is 0. The standard InChI is InChI=1S/C38H22N4.C32H17N3O/c39-23-25-17-18-36-33(21-25)31-11-4-6-14-34(31)42(36)29-20-26(24-40)19-27(22-29)30-13-8-16-37-38(30)32-12-5-7-15-35(32)41(37)28-9-2-1-3-10-28;33-18-20-12-13-29-27(16-20)25-6-1-3-9-28(25)35(29)23-15-21(19-34)14-22(17-23)24-8-5-11-31-32(24)26-7-2-4-10-30(26)36-31/h1-22H;1-17H. The van der Waals surface area contributed by atoms with E-state index >= 15 is 0 Å². The predicted molar refractivity (Wildman–Crippen MR) is 313 cm³/mol. The second kappa shape index (κ2) is 18.2. The molecule has 0 unspecified atom stereocenters. The molecule has 11 aromatic carbocycles. The van der Waals surface area contributed by atoms with Crippen LogP contribution in [0.15, 0.2) is 241 Å². The van der Waals surface area contributed by atoms with Gasteiger partial charge in [-0.1, -0.05) is 115 Å². The van der Waals surface area contributed by atoms with Crippen LogP contribution in [0.4, 0.5) is 0 Å². The number of furan rings is 1. The molecule has 360 valence electrons. The summed E-state index contributed by atoms with van der Waals surface area (Å²) in [6.07, 6.45) is 0. The first-order chi connectivity index (χ1) is 38.5. The molecule has 0 aliphatic heterocycles. The third kappa shape index (κ3) is 7.19. The van der Waals surface area contributed by atoms with E-state index in [4.69, 9.17) is 4.42 Å². The van der Waals surface area contributed by atoms with E-state index in [-0.39, 0.29) is 0 Å². The number of benzene rings is 11. The first-order valence-corrected chi connectivity index (χ1v) is 25.5. The Morgan fingerprint density at radius 3 is 1.26 bits per heavy atom. The number of hydrogen-bond donors (Lipinski definition) is 0. The van der Waals surface area contributed by atoms with Gasteiger partial charge in [-0.2, -0.15) is 21.0 Å². The van der Waals surface area contributed by atoms with E-state index in [1.54, 1.807) is 0 Å². The van der Waals surface area contributed by atoms with Crippen molar-refractivity contribution in [1.29, 1.82) is 21.0 Å². The molecule has 15 rings (SSSR count). The van der Waals surface area contributed by atoms with Crippen LogP contribution in [0.3, 0.4) is 0 Å². The summed E-state index contributed by atoms with van der Waals surface area (Å²) < 4.78 is 12.8. The summed E-state index contributed by atoms with van der Waals surface area (Å²) in [5.74, 6) is 0. The smallest absolute Gasteiger partial charge is 0.136 e. The molecule has 0 saturated heterocycles. The molecule has 0 atom stereocenters. The molecule has 0 saturated carbocycles. The summed E-state index contributed by atoms with van der Waals surface area (Å²) in [6, 6.07) is 88.7. The maximum atomic E-state index is 10.2. The highest BCUT2D eigenvalue weighted by molar-refractivity contribution is 6.17. The normalized spacial score (nSPS) is 11.3. The summed E-state index contributed by atoms with van der Waals surface area (Å²) >= 11 is 0. The molecule has 15 aromatic rings. The number of nitriles is 4. The zero-order chi connectivity index (χ0) is 52.4. The number of fused-ring (bicyclic) bond motifs is 12. The van der Waals surface area contributed by atoms with E-state index in [2.05, 4.69) is 153 Å². The topological polar surface area (TPSA) is 123 Å². The molecule has 78 heavy (non-hydrogen) atoms. The minimum atomic E-state index is 0.576. The average Bonchev–Trinajstić information content (AvgIpc) is 4.36. The minimum absolute atomic E-state index is 0.576. The Bertz CT molecular complexity index is 5160. The molecular weight excluding hydrogens is 955 g/mol. The molecule has 0 aliphatic rings. The van der Waals surface area contributed by atoms with Crippen LogP contribution in [0, 0.1) is 45.3 Å². The lowest BCUT2D eigenvalue weighted by atomic mass is 9.97. The zero-order valence-corrected chi connectivity index (χ0v) is 41.6. The SMILES string of the molecule is N#Cc1cc(-c2cccc3c2c2ccccc2n3-c2ccccc2)cc(-n2c3ccccc3c3cc(C#N)ccc32)c1.N#Cc1cc(-c2cccc3oc4ccccc4c23)cc(-n2c3ccccc3c3cc(C#N)ccc32)c1. The predicted octanol–water partition coefficient (Wildman–Crippen LogP) is 17.4. The van der Waals surface area contributed by atoms with Crippen molar-refractivity contribution >= 4 is 87.4 Å². The highest BCUT2D eigenvalue weighted by Gasteiger charge is 2.21. The van der Waals surface area contributed by atoms with Gasteiger partial charge >= 0.3 is 0 Å². The van der Waals surface area contributed by atoms with E-state index in [1.165, 1.54) is 0 Å². The molecule has 8 heteroatoms. The van der Waals surface area contributed by atoms with Gasteiger partial charge in [-0.05, 0) is 144 Å². The van der Waals surface area contributed by atoms with Gasteiger partial charge in [0.2, 0.25) is 0 Å². The monoisotopic (exact) mass is 993 g/mol. The van der Waals surface area contributed by atoms with E-state index in [0.717, 1.165) is 127 Å². The van der Waals surface area contributed by atoms with Crippen LogP contribution in [-0.4, -0.2) is 13.7 Å². The lowest BCUT2D eigenvalue weighted by Gasteiger charge is -2.13. The molecule has 0 amide bonds. The van der Waals surface area contributed by atoms with E-state index in [0.29, 0.717) is 22.3 Å². The van der Waals surface area contributed by atoms with Crippen LogP contribution in [0.25, 0.3) is 127 Å². The molecule has 0 N–H and O–H groups in total. The fourth-order valence-corrected chi connectivity index (χ4v) is 11.7. The molecule has 0 radical (unpaired) electrons.